The van der Waals surface area contributed by atoms with Gasteiger partial charge in [-0.05, 0) is 24.6 Å². The number of piperazine rings is 1. The quantitative estimate of drug-likeness (QED) is 0.179. The molecule has 6 rings (SSSR count). The zero-order valence-electron chi connectivity index (χ0n) is 23.9. The van der Waals surface area contributed by atoms with Crippen molar-refractivity contribution < 1.29 is 14.2 Å². The number of fused-ring (bicyclic) bond motifs is 6. The van der Waals surface area contributed by atoms with Crippen LogP contribution in [0.3, 0.4) is 0 Å². The molecule has 2 aliphatic heterocycles. The van der Waals surface area contributed by atoms with E-state index < -0.39 is 0 Å². The predicted octanol–water partition coefficient (Wildman–Crippen LogP) is 6.78. The number of aromatic amines is 1. The number of para-hydroxylation sites is 1. The first-order valence-corrected chi connectivity index (χ1v) is 23.2. The van der Waals surface area contributed by atoms with Crippen LogP contribution >= 0.6 is 51.3 Å². The van der Waals surface area contributed by atoms with Gasteiger partial charge in [0.25, 0.3) is 5.56 Å². The number of nitrogens with one attached hydrogen (secondary N) is 1. The monoisotopic (exact) mass is 825 g/mol. The van der Waals surface area contributed by atoms with Crippen LogP contribution in [-0.4, -0.2) is 54.6 Å². The summed E-state index contributed by atoms with van der Waals surface area (Å²) in [7, 11) is 5.13. The summed E-state index contributed by atoms with van der Waals surface area (Å²) < 4.78 is 8.94. The SMILES string of the molecule is CC.CC.Cc1cccc2c1N1CCN(Cn3c(=O)[nH]c4c(sc5ccccc54)c3=O)CC1CO2.[B]C.[I][V][I]. The van der Waals surface area contributed by atoms with Crippen molar-refractivity contribution >= 4 is 85.1 Å². The summed E-state index contributed by atoms with van der Waals surface area (Å²) in [4.78, 5) is 33.5. The topological polar surface area (TPSA) is 70.6 Å². The average Bonchev–Trinajstić information content (AvgIpc) is 3.37. The van der Waals surface area contributed by atoms with E-state index in [1.54, 1.807) is 0 Å². The molecule has 1 fully saturated rings. The number of hydrogen-bond acceptors (Lipinski definition) is 6. The Labute approximate surface area is 271 Å². The van der Waals surface area contributed by atoms with Crippen LogP contribution < -0.4 is 20.9 Å². The molecule has 7 nitrogen and oxygen atoms in total. The molecule has 12 heteroatoms. The predicted molar refractivity (Wildman–Crippen MR) is 186 cm³/mol. The fraction of sp³-hybridized carbons (Fsp3) is 0.429. The second-order valence-electron chi connectivity index (χ2n) is 8.33. The van der Waals surface area contributed by atoms with Crippen LogP contribution in [0.2, 0.25) is 6.82 Å². The van der Waals surface area contributed by atoms with E-state index in [4.69, 9.17) is 4.74 Å². The maximum atomic E-state index is 13.2. The number of nitrogens with zero attached hydrogens (tertiary/aromatic N) is 3. The van der Waals surface area contributed by atoms with Crippen molar-refractivity contribution in [2.75, 3.05) is 31.1 Å². The third-order valence-corrected chi connectivity index (χ3v) is 7.50. The molecule has 2 radical (unpaired) electrons. The summed E-state index contributed by atoms with van der Waals surface area (Å²) in [6.07, 6.45) is 0. The van der Waals surface area contributed by atoms with Crippen LogP contribution in [0.25, 0.3) is 20.3 Å². The Morgan fingerprint density at radius 2 is 1.73 bits per heavy atom. The Hall–Kier alpha value is -0.991. The molecule has 0 bridgehead atoms. The van der Waals surface area contributed by atoms with Gasteiger partial charge in [0, 0.05) is 29.7 Å². The number of thiophene rings is 1. The minimum absolute atomic E-state index is 0.199. The number of aromatic nitrogens is 2. The van der Waals surface area contributed by atoms with Gasteiger partial charge in [-0.15, -0.1) is 11.3 Å². The molecule has 0 saturated carbocycles. The van der Waals surface area contributed by atoms with Gasteiger partial charge >= 0.3 is 55.1 Å². The number of halogens is 2. The summed E-state index contributed by atoms with van der Waals surface area (Å²) >= 11 is 6.17. The number of benzene rings is 2. The Bertz CT molecular complexity index is 1480. The number of ether oxygens (including phenoxy) is 1. The van der Waals surface area contributed by atoms with Crippen molar-refractivity contribution in [3.63, 3.8) is 0 Å². The zero-order chi connectivity index (χ0) is 29.8. The van der Waals surface area contributed by atoms with E-state index in [0.717, 1.165) is 35.5 Å². The number of rotatable bonds is 2. The first kappa shape index (κ1) is 35.2. The normalized spacial score (nSPS) is 15.3. The van der Waals surface area contributed by atoms with Gasteiger partial charge in [-0.2, -0.15) is 0 Å². The second-order valence-corrected chi connectivity index (χ2v) is 21.2. The molecule has 0 amide bonds. The molecule has 1 unspecified atom stereocenters. The van der Waals surface area contributed by atoms with Crippen LogP contribution in [0.15, 0.2) is 52.1 Å². The van der Waals surface area contributed by atoms with Gasteiger partial charge in [0.05, 0.1) is 31.8 Å². The van der Waals surface area contributed by atoms with Crippen molar-refractivity contribution in [2.45, 2.75) is 54.2 Å². The van der Waals surface area contributed by atoms with E-state index in [-0.39, 0.29) is 24.0 Å². The molecule has 1 N–H and O–H groups in total. The fourth-order valence-electron chi connectivity index (χ4n) is 4.83. The van der Waals surface area contributed by atoms with Gasteiger partial charge in [0.1, 0.15) is 17.1 Å². The Morgan fingerprint density at radius 1 is 1.05 bits per heavy atom. The molecular weight excluding hydrogens is 788 g/mol. The zero-order valence-corrected chi connectivity index (χ0v) is 30.4. The van der Waals surface area contributed by atoms with E-state index in [2.05, 4.69) is 75.6 Å². The van der Waals surface area contributed by atoms with Gasteiger partial charge in [0.15, 0.2) is 0 Å². The molecule has 1 atom stereocenters. The fourth-order valence-corrected chi connectivity index (χ4v) is 5.93. The van der Waals surface area contributed by atoms with E-state index in [1.807, 2.05) is 64.1 Å². The third kappa shape index (κ3) is 7.89. The summed E-state index contributed by atoms with van der Waals surface area (Å²) in [6.45, 7) is 14.8. The van der Waals surface area contributed by atoms with Crippen LogP contribution in [-0.2, 0) is 16.1 Å². The molecule has 0 aliphatic carbocycles. The molecule has 4 aromatic rings. The molecule has 2 aromatic carbocycles. The van der Waals surface area contributed by atoms with Crippen LogP contribution in [0.1, 0.15) is 33.3 Å². The summed E-state index contributed by atoms with van der Waals surface area (Å²) in [5.74, 6) is 0.938. The molecule has 2 aliphatic rings. The Kier molecular flexibility index (Phi) is 15.7. The second kappa shape index (κ2) is 17.8. The summed E-state index contributed by atoms with van der Waals surface area (Å²) in [5, 5.41) is 0.922. The Morgan fingerprint density at radius 3 is 2.42 bits per heavy atom. The van der Waals surface area contributed by atoms with E-state index in [0.29, 0.717) is 26.3 Å². The average molecular weight is 825 g/mol. The number of aryl methyl sites for hydroxylation is 1. The van der Waals surface area contributed by atoms with E-state index in [1.165, 1.54) is 34.0 Å². The molecule has 215 valence electrons. The van der Waals surface area contributed by atoms with Crippen LogP contribution in [0.4, 0.5) is 5.69 Å². The molecule has 4 heterocycles. The summed E-state index contributed by atoms with van der Waals surface area (Å²) in [6, 6.07) is 14.1. The van der Waals surface area contributed by atoms with Crippen molar-refractivity contribution in [3.8, 4) is 5.75 Å². The number of H-pyrrole nitrogens is 1. The molecular formula is C28H37BI2N4O3SV. The van der Waals surface area contributed by atoms with Crippen LogP contribution in [0, 0.1) is 6.92 Å². The first-order valence-electron chi connectivity index (χ1n) is 13.4. The first-order chi connectivity index (χ1) is 19.5. The van der Waals surface area contributed by atoms with E-state index >= 15 is 0 Å². The van der Waals surface area contributed by atoms with Crippen molar-refractivity contribution in [1.29, 1.82) is 0 Å². The molecule has 1 saturated heterocycles. The maximum absolute atomic E-state index is 13.2. The van der Waals surface area contributed by atoms with Gasteiger partial charge in [0.2, 0.25) is 0 Å². The molecule has 0 spiro atoms. The summed E-state index contributed by atoms with van der Waals surface area (Å²) in [5.41, 5.74) is 2.44. The van der Waals surface area contributed by atoms with Crippen molar-refractivity contribution in [3.05, 3.63) is 68.9 Å². The van der Waals surface area contributed by atoms with Crippen LogP contribution in [0.5, 0.6) is 5.75 Å². The Balaban J connectivity index is 0.000000565. The van der Waals surface area contributed by atoms with Gasteiger partial charge < -0.3 is 14.6 Å². The van der Waals surface area contributed by atoms with Gasteiger partial charge in [-0.1, -0.05) is 64.8 Å². The minimum atomic E-state index is -0.357. The van der Waals surface area contributed by atoms with Gasteiger partial charge in [-0.3, -0.25) is 9.69 Å². The van der Waals surface area contributed by atoms with E-state index in [9.17, 15) is 9.59 Å². The number of anilines is 1. The van der Waals surface area contributed by atoms with Gasteiger partial charge in [-0.25, -0.2) is 9.36 Å². The van der Waals surface area contributed by atoms with Crippen molar-refractivity contribution in [1.82, 2.24) is 14.5 Å². The number of hydrogen-bond donors (Lipinski definition) is 1. The third-order valence-electron chi connectivity index (χ3n) is 6.34. The standard InChI is InChI=1S/C23H22N4O3S.2C2H6.CH3B.2HI.V/c1-14-5-4-7-17-20(14)26-10-9-25(11-15(26)12-30-17)13-27-22(28)21-19(24-23(27)29)16-6-2-3-8-18(16)31-21;3*1-2;;;/h2-8,15H,9-13H2,1H3,(H,24,29);2*1-2H3;1H3;2*1H;/q;;;;;;+2/p-2. The van der Waals surface area contributed by atoms with Crippen molar-refractivity contribution in [2.24, 2.45) is 0 Å². The molecule has 40 heavy (non-hydrogen) atoms. The molecule has 2 aromatic heterocycles.